The molecule has 3 atom stereocenters. The number of hydrogen-bond acceptors (Lipinski definition) is 3. The van der Waals surface area contributed by atoms with Crippen LogP contribution in [0.25, 0.3) is 0 Å². The van der Waals surface area contributed by atoms with Gasteiger partial charge in [-0.05, 0) is 37.3 Å². The van der Waals surface area contributed by atoms with E-state index in [1.54, 1.807) is 12.4 Å². The van der Waals surface area contributed by atoms with Crippen LogP contribution in [0.1, 0.15) is 31.7 Å². The SMILES string of the molecule is CCC1C[C@H](C(=O)Nc2cnccc2C)[C@H](C(=O)O)C1. The molecule has 5 heteroatoms. The number of hydrogen-bond donors (Lipinski definition) is 2. The number of aromatic nitrogens is 1. The summed E-state index contributed by atoms with van der Waals surface area (Å²) >= 11 is 0. The second-order valence-electron chi connectivity index (χ2n) is 5.48. The van der Waals surface area contributed by atoms with Crippen LogP contribution in [0.4, 0.5) is 5.69 Å². The Balaban J connectivity index is 2.11. The van der Waals surface area contributed by atoms with Gasteiger partial charge in [0.05, 0.1) is 23.7 Å². The van der Waals surface area contributed by atoms with Crippen molar-refractivity contribution >= 4 is 17.6 Å². The number of rotatable bonds is 4. The van der Waals surface area contributed by atoms with Crippen molar-refractivity contribution in [1.82, 2.24) is 4.98 Å². The fraction of sp³-hybridized carbons (Fsp3) is 0.533. The molecule has 0 spiro atoms. The molecule has 108 valence electrons. The molecule has 0 saturated heterocycles. The zero-order valence-electron chi connectivity index (χ0n) is 11.8. The molecule has 1 aliphatic rings. The van der Waals surface area contributed by atoms with Crippen molar-refractivity contribution in [2.24, 2.45) is 17.8 Å². The molecular weight excluding hydrogens is 256 g/mol. The van der Waals surface area contributed by atoms with Gasteiger partial charge in [-0.3, -0.25) is 14.6 Å². The molecule has 20 heavy (non-hydrogen) atoms. The first-order valence-corrected chi connectivity index (χ1v) is 6.97. The number of pyridine rings is 1. The average molecular weight is 276 g/mol. The molecule has 1 unspecified atom stereocenters. The predicted octanol–water partition coefficient (Wildman–Crippen LogP) is 2.47. The monoisotopic (exact) mass is 276 g/mol. The van der Waals surface area contributed by atoms with Gasteiger partial charge < -0.3 is 10.4 Å². The number of amides is 1. The van der Waals surface area contributed by atoms with Crippen LogP contribution in [0, 0.1) is 24.7 Å². The Morgan fingerprint density at radius 3 is 2.70 bits per heavy atom. The maximum Gasteiger partial charge on any atom is 0.307 e. The van der Waals surface area contributed by atoms with Crippen molar-refractivity contribution in [1.29, 1.82) is 0 Å². The van der Waals surface area contributed by atoms with E-state index in [1.165, 1.54) is 0 Å². The van der Waals surface area contributed by atoms with Gasteiger partial charge in [-0.15, -0.1) is 0 Å². The second kappa shape index (κ2) is 6.03. The molecule has 1 heterocycles. The normalized spacial score (nSPS) is 25.4. The summed E-state index contributed by atoms with van der Waals surface area (Å²) in [5.74, 6) is -1.77. The molecule has 0 radical (unpaired) electrons. The lowest BCUT2D eigenvalue weighted by atomic mass is 9.95. The zero-order valence-corrected chi connectivity index (χ0v) is 11.8. The molecule has 0 bridgehead atoms. The fourth-order valence-electron chi connectivity index (χ4n) is 2.86. The lowest BCUT2D eigenvalue weighted by Crippen LogP contribution is -2.30. The van der Waals surface area contributed by atoms with Gasteiger partial charge in [-0.1, -0.05) is 13.3 Å². The largest absolute Gasteiger partial charge is 0.481 e. The number of carboxylic acid groups (broad SMARTS) is 1. The summed E-state index contributed by atoms with van der Waals surface area (Å²) in [6.45, 7) is 3.92. The molecule has 2 N–H and O–H groups in total. The summed E-state index contributed by atoms with van der Waals surface area (Å²) in [5, 5.41) is 12.1. The lowest BCUT2D eigenvalue weighted by Gasteiger charge is -2.16. The minimum atomic E-state index is -0.871. The Kier molecular flexibility index (Phi) is 4.37. The first-order chi connectivity index (χ1) is 9.52. The van der Waals surface area contributed by atoms with Crippen LogP contribution in [-0.4, -0.2) is 22.0 Å². The van der Waals surface area contributed by atoms with Gasteiger partial charge in [0.1, 0.15) is 0 Å². The third-order valence-corrected chi connectivity index (χ3v) is 4.19. The van der Waals surface area contributed by atoms with Crippen molar-refractivity contribution in [3.8, 4) is 0 Å². The predicted molar refractivity (Wildman–Crippen MR) is 75.2 cm³/mol. The van der Waals surface area contributed by atoms with E-state index in [2.05, 4.69) is 10.3 Å². The van der Waals surface area contributed by atoms with E-state index in [4.69, 9.17) is 0 Å². The average Bonchev–Trinajstić information content (AvgIpc) is 2.86. The molecule has 1 aromatic rings. The maximum absolute atomic E-state index is 12.3. The number of carbonyl (C=O) groups excluding carboxylic acids is 1. The van der Waals surface area contributed by atoms with Gasteiger partial charge in [-0.25, -0.2) is 0 Å². The van der Waals surface area contributed by atoms with Crippen molar-refractivity contribution in [2.75, 3.05) is 5.32 Å². The minimum absolute atomic E-state index is 0.204. The van der Waals surface area contributed by atoms with E-state index in [0.29, 0.717) is 24.4 Å². The molecular formula is C15H20N2O3. The van der Waals surface area contributed by atoms with E-state index in [1.807, 2.05) is 19.9 Å². The molecule has 1 saturated carbocycles. The zero-order chi connectivity index (χ0) is 14.7. The quantitative estimate of drug-likeness (QED) is 0.885. The van der Waals surface area contributed by atoms with Crippen LogP contribution in [0.3, 0.4) is 0 Å². The Morgan fingerprint density at radius 1 is 1.40 bits per heavy atom. The van der Waals surface area contributed by atoms with E-state index >= 15 is 0 Å². The van der Waals surface area contributed by atoms with Crippen LogP contribution < -0.4 is 5.32 Å². The fourth-order valence-corrected chi connectivity index (χ4v) is 2.86. The molecule has 0 aliphatic heterocycles. The third-order valence-electron chi connectivity index (χ3n) is 4.19. The van der Waals surface area contributed by atoms with Gasteiger partial charge in [0.2, 0.25) is 5.91 Å². The van der Waals surface area contributed by atoms with Gasteiger partial charge in [0, 0.05) is 6.20 Å². The van der Waals surface area contributed by atoms with Crippen LogP contribution in [-0.2, 0) is 9.59 Å². The number of aliphatic carboxylic acids is 1. The second-order valence-corrected chi connectivity index (χ2v) is 5.48. The Morgan fingerprint density at radius 2 is 2.10 bits per heavy atom. The molecule has 2 rings (SSSR count). The summed E-state index contributed by atoms with van der Waals surface area (Å²) < 4.78 is 0. The summed E-state index contributed by atoms with van der Waals surface area (Å²) in [7, 11) is 0. The van der Waals surface area contributed by atoms with Gasteiger partial charge >= 0.3 is 5.97 Å². The number of anilines is 1. The highest BCUT2D eigenvalue weighted by atomic mass is 16.4. The van der Waals surface area contributed by atoms with Crippen LogP contribution in [0.5, 0.6) is 0 Å². The van der Waals surface area contributed by atoms with Gasteiger partial charge in [0.25, 0.3) is 0 Å². The molecule has 5 nitrogen and oxygen atoms in total. The van der Waals surface area contributed by atoms with Crippen LogP contribution >= 0.6 is 0 Å². The van der Waals surface area contributed by atoms with Gasteiger partial charge in [0.15, 0.2) is 0 Å². The Labute approximate surface area is 118 Å². The van der Waals surface area contributed by atoms with Gasteiger partial charge in [-0.2, -0.15) is 0 Å². The molecule has 1 aliphatic carbocycles. The van der Waals surface area contributed by atoms with Crippen molar-refractivity contribution in [3.05, 3.63) is 24.0 Å². The maximum atomic E-state index is 12.3. The Hall–Kier alpha value is -1.91. The molecule has 1 aromatic heterocycles. The van der Waals surface area contributed by atoms with Crippen LogP contribution in [0.2, 0.25) is 0 Å². The van der Waals surface area contributed by atoms with E-state index in [-0.39, 0.29) is 5.91 Å². The van der Waals surface area contributed by atoms with E-state index in [9.17, 15) is 14.7 Å². The number of carbonyl (C=O) groups is 2. The number of nitrogens with one attached hydrogen (secondary N) is 1. The highest BCUT2D eigenvalue weighted by Gasteiger charge is 2.42. The van der Waals surface area contributed by atoms with Crippen molar-refractivity contribution in [3.63, 3.8) is 0 Å². The Bertz CT molecular complexity index is 516. The topological polar surface area (TPSA) is 79.3 Å². The number of nitrogens with zero attached hydrogens (tertiary/aromatic N) is 1. The summed E-state index contributed by atoms with van der Waals surface area (Å²) in [6.07, 6.45) is 5.41. The van der Waals surface area contributed by atoms with E-state index < -0.39 is 17.8 Å². The smallest absolute Gasteiger partial charge is 0.307 e. The number of aryl methyl sites for hydroxylation is 1. The van der Waals surface area contributed by atoms with Crippen molar-refractivity contribution in [2.45, 2.75) is 33.1 Å². The molecule has 1 amide bonds. The highest BCUT2D eigenvalue weighted by molar-refractivity contribution is 5.95. The van der Waals surface area contributed by atoms with Crippen LogP contribution in [0.15, 0.2) is 18.5 Å². The summed E-state index contributed by atoms with van der Waals surface area (Å²) in [6, 6.07) is 1.81. The summed E-state index contributed by atoms with van der Waals surface area (Å²) in [5.41, 5.74) is 1.58. The first kappa shape index (κ1) is 14.5. The minimum Gasteiger partial charge on any atom is -0.481 e. The standard InChI is InChI=1S/C15H20N2O3/c1-3-10-6-11(12(7-10)15(19)20)14(18)17-13-8-16-5-4-9(13)2/h4-5,8,10-12H,3,6-7H2,1-2H3,(H,17,18)(H,19,20)/t10?,11-,12+/m0/s1. The highest BCUT2D eigenvalue weighted by Crippen LogP contribution is 2.39. The molecule has 1 fully saturated rings. The number of carboxylic acids is 1. The van der Waals surface area contributed by atoms with Crippen molar-refractivity contribution < 1.29 is 14.7 Å². The molecule has 0 aromatic carbocycles. The first-order valence-electron chi connectivity index (χ1n) is 6.97. The van der Waals surface area contributed by atoms with E-state index in [0.717, 1.165) is 12.0 Å². The lowest BCUT2D eigenvalue weighted by molar-refractivity contribution is -0.145. The summed E-state index contributed by atoms with van der Waals surface area (Å²) in [4.78, 5) is 27.6. The third kappa shape index (κ3) is 2.98.